The smallest absolute Gasteiger partial charge is 0.248 e. The van der Waals surface area contributed by atoms with Gasteiger partial charge >= 0.3 is 0 Å². The maximum atomic E-state index is 11.1. The zero-order valence-electron chi connectivity index (χ0n) is 14.5. The van der Waals surface area contributed by atoms with Crippen LogP contribution in [0.2, 0.25) is 0 Å². The summed E-state index contributed by atoms with van der Waals surface area (Å²) in [4.78, 5) is 19.8. The molecule has 3 rings (SSSR count). The molecule has 0 aliphatic carbocycles. The lowest BCUT2D eigenvalue weighted by atomic mass is 10.0. The Morgan fingerprint density at radius 3 is 2.50 bits per heavy atom. The number of amides is 1. The quantitative estimate of drug-likeness (QED) is 0.608. The maximum Gasteiger partial charge on any atom is 0.248 e. The number of nitrogens with one attached hydrogen (secondary N) is 2. The zero-order chi connectivity index (χ0) is 18.4. The van der Waals surface area contributed by atoms with E-state index < -0.39 is 5.91 Å². The van der Waals surface area contributed by atoms with Crippen molar-refractivity contribution in [2.45, 2.75) is 12.8 Å². The van der Waals surface area contributed by atoms with Crippen LogP contribution < -0.4 is 16.4 Å². The third-order valence-corrected chi connectivity index (χ3v) is 4.04. The van der Waals surface area contributed by atoms with Gasteiger partial charge in [-0.15, -0.1) is 0 Å². The number of nitrogens with zero attached hydrogens (tertiary/aromatic N) is 2. The van der Waals surface area contributed by atoms with E-state index >= 15 is 0 Å². The summed E-state index contributed by atoms with van der Waals surface area (Å²) in [6, 6.07) is 19.0. The molecule has 6 nitrogen and oxygen atoms in total. The number of primary amides is 1. The molecule has 0 saturated carbocycles. The van der Waals surface area contributed by atoms with Crippen molar-refractivity contribution < 1.29 is 4.79 Å². The third kappa shape index (κ3) is 4.57. The van der Waals surface area contributed by atoms with Gasteiger partial charge < -0.3 is 16.4 Å². The van der Waals surface area contributed by atoms with Gasteiger partial charge in [-0.1, -0.05) is 37.3 Å². The summed E-state index contributed by atoms with van der Waals surface area (Å²) in [7, 11) is 0. The molecular weight excluding hydrogens is 326 g/mol. The monoisotopic (exact) mass is 347 g/mol. The predicted molar refractivity (Wildman–Crippen MR) is 104 cm³/mol. The number of benzene rings is 2. The Morgan fingerprint density at radius 1 is 1.08 bits per heavy atom. The maximum absolute atomic E-state index is 11.1. The highest BCUT2D eigenvalue weighted by molar-refractivity contribution is 5.93. The standard InChI is InChI=1S/C20H21N5O/c1-14(15-5-3-2-4-6-15)13-23-18-11-12-22-20(25-18)24-17-9-7-16(8-10-17)19(21)26/h2-12,14H,13H2,1H3,(H2,21,26)(H2,22,23,24,25)/t14-/m0/s1. The molecule has 1 heterocycles. The van der Waals surface area contributed by atoms with Crippen molar-refractivity contribution in [3.8, 4) is 0 Å². The van der Waals surface area contributed by atoms with E-state index in [2.05, 4.69) is 39.7 Å². The fraction of sp³-hybridized carbons (Fsp3) is 0.150. The molecule has 1 amide bonds. The van der Waals surface area contributed by atoms with E-state index in [4.69, 9.17) is 5.73 Å². The normalized spacial score (nSPS) is 11.6. The largest absolute Gasteiger partial charge is 0.369 e. The number of hydrogen-bond acceptors (Lipinski definition) is 5. The first-order chi connectivity index (χ1) is 12.6. The lowest BCUT2D eigenvalue weighted by Gasteiger charge is -2.14. The van der Waals surface area contributed by atoms with Gasteiger partial charge in [0.05, 0.1) is 0 Å². The van der Waals surface area contributed by atoms with Crippen molar-refractivity contribution in [2.24, 2.45) is 5.73 Å². The van der Waals surface area contributed by atoms with E-state index in [0.717, 1.165) is 18.1 Å². The van der Waals surface area contributed by atoms with E-state index in [-0.39, 0.29) is 0 Å². The second-order valence-corrected chi connectivity index (χ2v) is 6.02. The Bertz CT molecular complexity index is 865. The molecule has 3 aromatic rings. The number of carbonyl (C=O) groups is 1. The molecule has 1 aromatic heterocycles. The minimum Gasteiger partial charge on any atom is -0.369 e. The molecule has 2 aromatic carbocycles. The number of rotatable bonds is 7. The van der Waals surface area contributed by atoms with E-state index in [9.17, 15) is 4.79 Å². The summed E-state index contributed by atoms with van der Waals surface area (Å²) in [6.45, 7) is 2.94. The van der Waals surface area contributed by atoms with Gasteiger partial charge in [0.15, 0.2) is 0 Å². The van der Waals surface area contributed by atoms with E-state index in [1.54, 1.807) is 30.5 Å². The highest BCUT2D eigenvalue weighted by atomic mass is 16.1. The van der Waals surface area contributed by atoms with Gasteiger partial charge in [0.25, 0.3) is 0 Å². The predicted octanol–water partition coefficient (Wildman–Crippen LogP) is 3.53. The first kappa shape index (κ1) is 17.4. The Balaban J connectivity index is 1.62. The van der Waals surface area contributed by atoms with Gasteiger partial charge in [-0.25, -0.2) is 4.98 Å². The number of aromatic nitrogens is 2. The van der Waals surface area contributed by atoms with Crippen LogP contribution in [-0.2, 0) is 0 Å². The number of anilines is 3. The average Bonchev–Trinajstić information content (AvgIpc) is 2.67. The summed E-state index contributed by atoms with van der Waals surface area (Å²) in [5.74, 6) is 1.14. The average molecular weight is 347 g/mol. The molecule has 0 aliphatic rings. The molecule has 0 unspecified atom stereocenters. The second kappa shape index (κ2) is 8.11. The highest BCUT2D eigenvalue weighted by Crippen LogP contribution is 2.17. The molecule has 6 heteroatoms. The topological polar surface area (TPSA) is 92.9 Å². The van der Waals surface area contributed by atoms with Crippen LogP contribution in [0, 0.1) is 0 Å². The fourth-order valence-electron chi connectivity index (χ4n) is 2.52. The van der Waals surface area contributed by atoms with E-state index in [1.807, 2.05) is 24.3 Å². The summed E-state index contributed by atoms with van der Waals surface area (Å²) in [5.41, 5.74) is 7.77. The first-order valence-electron chi connectivity index (χ1n) is 8.40. The molecule has 0 bridgehead atoms. The van der Waals surface area contributed by atoms with Crippen LogP contribution in [0.1, 0.15) is 28.8 Å². The van der Waals surface area contributed by atoms with Crippen LogP contribution in [0.5, 0.6) is 0 Å². The number of carbonyl (C=O) groups excluding carboxylic acids is 1. The van der Waals surface area contributed by atoms with Crippen LogP contribution in [0.4, 0.5) is 17.5 Å². The van der Waals surface area contributed by atoms with Crippen LogP contribution in [0.25, 0.3) is 0 Å². The first-order valence-corrected chi connectivity index (χ1v) is 8.40. The SMILES string of the molecule is C[C@@H](CNc1ccnc(Nc2ccc(C(N)=O)cc2)n1)c1ccccc1. The molecule has 0 saturated heterocycles. The molecule has 26 heavy (non-hydrogen) atoms. The second-order valence-electron chi connectivity index (χ2n) is 6.02. The van der Waals surface area contributed by atoms with Crippen LogP contribution in [-0.4, -0.2) is 22.4 Å². The zero-order valence-corrected chi connectivity index (χ0v) is 14.5. The van der Waals surface area contributed by atoms with Crippen molar-refractivity contribution in [3.05, 3.63) is 78.0 Å². The Labute approximate surface area is 152 Å². The Morgan fingerprint density at radius 2 is 1.81 bits per heavy atom. The van der Waals surface area contributed by atoms with E-state index in [1.165, 1.54) is 5.56 Å². The lowest BCUT2D eigenvalue weighted by molar-refractivity contribution is 0.100. The molecule has 0 fully saturated rings. The number of hydrogen-bond donors (Lipinski definition) is 3. The van der Waals surface area contributed by atoms with Crippen LogP contribution in [0.3, 0.4) is 0 Å². The van der Waals surface area contributed by atoms with E-state index in [0.29, 0.717) is 17.4 Å². The highest BCUT2D eigenvalue weighted by Gasteiger charge is 2.06. The molecular formula is C20H21N5O. The summed E-state index contributed by atoms with van der Waals surface area (Å²) in [5, 5.41) is 6.46. The molecule has 0 radical (unpaired) electrons. The van der Waals surface area contributed by atoms with Gasteiger partial charge in [0, 0.05) is 24.0 Å². The van der Waals surface area contributed by atoms with Crippen LogP contribution in [0.15, 0.2) is 66.9 Å². The Hall–Kier alpha value is -3.41. The minimum absolute atomic E-state index is 0.365. The van der Waals surface area contributed by atoms with Gasteiger partial charge in [0.2, 0.25) is 11.9 Å². The minimum atomic E-state index is -0.452. The lowest BCUT2D eigenvalue weighted by Crippen LogP contribution is -2.11. The summed E-state index contributed by atoms with van der Waals surface area (Å²) in [6.07, 6.45) is 1.70. The molecule has 4 N–H and O–H groups in total. The summed E-state index contributed by atoms with van der Waals surface area (Å²) >= 11 is 0. The summed E-state index contributed by atoms with van der Waals surface area (Å²) < 4.78 is 0. The van der Waals surface area contributed by atoms with Gasteiger partial charge in [-0.2, -0.15) is 4.98 Å². The molecule has 1 atom stereocenters. The van der Waals surface area contributed by atoms with Gasteiger partial charge in [0.1, 0.15) is 5.82 Å². The fourth-order valence-corrected chi connectivity index (χ4v) is 2.52. The Kier molecular flexibility index (Phi) is 5.43. The van der Waals surface area contributed by atoms with Crippen molar-refractivity contribution in [3.63, 3.8) is 0 Å². The molecule has 132 valence electrons. The molecule has 0 spiro atoms. The van der Waals surface area contributed by atoms with Crippen LogP contribution >= 0.6 is 0 Å². The number of nitrogens with two attached hydrogens (primary N) is 1. The van der Waals surface area contributed by atoms with Crippen molar-refractivity contribution in [1.29, 1.82) is 0 Å². The third-order valence-electron chi connectivity index (χ3n) is 4.04. The van der Waals surface area contributed by atoms with Gasteiger partial charge in [-0.05, 0) is 41.8 Å². The van der Waals surface area contributed by atoms with Crippen molar-refractivity contribution in [1.82, 2.24) is 9.97 Å². The van der Waals surface area contributed by atoms with Crippen molar-refractivity contribution >= 4 is 23.4 Å². The van der Waals surface area contributed by atoms with Gasteiger partial charge in [-0.3, -0.25) is 4.79 Å². The van der Waals surface area contributed by atoms with Crippen molar-refractivity contribution in [2.75, 3.05) is 17.2 Å². The molecule has 0 aliphatic heterocycles.